The van der Waals surface area contributed by atoms with E-state index >= 15 is 0 Å². The Morgan fingerprint density at radius 2 is 2.46 bits per heavy atom. The molecule has 1 aliphatic rings. The lowest BCUT2D eigenvalue weighted by Gasteiger charge is -2.22. The van der Waals surface area contributed by atoms with Gasteiger partial charge in [0.15, 0.2) is 0 Å². The second kappa shape index (κ2) is 3.43. The molecule has 4 heteroatoms. The van der Waals surface area contributed by atoms with E-state index in [-0.39, 0.29) is 0 Å². The Bertz CT molecular complexity index is 329. The van der Waals surface area contributed by atoms with E-state index in [2.05, 4.69) is 9.88 Å². The fraction of sp³-hybridized carbons (Fsp3) is 0.333. The van der Waals surface area contributed by atoms with Crippen LogP contribution in [0.15, 0.2) is 18.6 Å². The van der Waals surface area contributed by atoms with Gasteiger partial charge in [0, 0.05) is 37.8 Å². The van der Waals surface area contributed by atoms with Crippen LogP contribution < -0.4 is 0 Å². The van der Waals surface area contributed by atoms with Crippen molar-refractivity contribution in [1.82, 2.24) is 14.5 Å². The summed E-state index contributed by atoms with van der Waals surface area (Å²) < 4.78 is 1.98. The molecule has 0 N–H and O–H groups in total. The van der Waals surface area contributed by atoms with Gasteiger partial charge in [-0.15, -0.1) is 0 Å². The maximum atomic E-state index is 10.2. The van der Waals surface area contributed by atoms with Gasteiger partial charge in [0.05, 0.1) is 6.54 Å². The third-order valence-corrected chi connectivity index (χ3v) is 2.07. The minimum Gasteiger partial charge on any atom is -0.368 e. The summed E-state index contributed by atoms with van der Waals surface area (Å²) in [7, 11) is 0. The minimum atomic E-state index is 0.574. The summed E-state index contributed by atoms with van der Waals surface area (Å²) in [6.45, 7) is 1.56. The molecule has 1 aromatic rings. The number of carbonyl (C=O) groups is 1. The summed E-state index contributed by atoms with van der Waals surface area (Å²) in [5, 5.41) is 0. The lowest BCUT2D eigenvalue weighted by atomic mass is 10.4. The van der Waals surface area contributed by atoms with Crippen LogP contribution in [0.2, 0.25) is 0 Å². The van der Waals surface area contributed by atoms with E-state index < -0.39 is 0 Å². The summed E-state index contributed by atoms with van der Waals surface area (Å²) >= 11 is 0. The van der Waals surface area contributed by atoms with Crippen molar-refractivity contribution in [2.24, 2.45) is 0 Å². The number of hydrogen-bond donors (Lipinski definition) is 0. The van der Waals surface area contributed by atoms with Crippen LogP contribution >= 0.6 is 0 Å². The van der Waals surface area contributed by atoms with Gasteiger partial charge in [0.1, 0.15) is 12.1 Å². The van der Waals surface area contributed by atoms with Gasteiger partial charge >= 0.3 is 0 Å². The smallest absolute Gasteiger partial charge is 0.132 e. The van der Waals surface area contributed by atoms with Gasteiger partial charge in [-0.1, -0.05) is 0 Å². The van der Waals surface area contributed by atoms with Gasteiger partial charge in [0.2, 0.25) is 0 Å². The molecule has 4 nitrogen and oxygen atoms in total. The van der Waals surface area contributed by atoms with Gasteiger partial charge in [-0.3, -0.25) is 0 Å². The highest BCUT2D eigenvalue weighted by molar-refractivity contribution is 5.49. The molecule has 13 heavy (non-hydrogen) atoms. The zero-order chi connectivity index (χ0) is 9.10. The summed E-state index contributed by atoms with van der Waals surface area (Å²) in [5.74, 6) is 1.02. The van der Waals surface area contributed by atoms with Crippen molar-refractivity contribution < 1.29 is 4.79 Å². The normalized spacial score (nSPS) is 14.3. The minimum absolute atomic E-state index is 0.574. The lowest BCUT2D eigenvalue weighted by Crippen LogP contribution is -2.23. The summed E-state index contributed by atoms with van der Waals surface area (Å²) in [4.78, 5) is 16.4. The van der Waals surface area contributed by atoms with E-state index in [9.17, 15) is 4.79 Å². The number of aldehydes is 1. The third kappa shape index (κ3) is 1.61. The molecule has 0 unspecified atom stereocenters. The van der Waals surface area contributed by atoms with E-state index in [1.165, 1.54) is 0 Å². The highest BCUT2D eigenvalue weighted by atomic mass is 16.1. The summed E-state index contributed by atoms with van der Waals surface area (Å²) in [6.07, 6.45) is 9.15. The maximum absolute atomic E-state index is 10.2. The quantitative estimate of drug-likeness (QED) is 0.638. The second-order valence-electron chi connectivity index (χ2n) is 2.97. The first-order chi connectivity index (χ1) is 6.40. The molecule has 1 aliphatic heterocycles. The fourth-order valence-corrected chi connectivity index (χ4v) is 1.37. The lowest BCUT2D eigenvalue weighted by molar-refractivity contribution is -0.108. The van der Waals surface area contributed by atoms with Gasteiger partial charge in [0.25, 0.3) is 0 Å². The van der Waals surface area contributed by atoms with E-state index in [1.54, 1.807) is 6.20 Å². The Morgan fingerprint density at radius 1 is 1.54 bits per heavy atom. The first-order valence-electron chi connectivity index (χ1n) is 4.28. The SMILES string of the molecule is O=CCCN1C=Cn2ccnc2C1. The Hall–Kier alpha value is -1.58. The molecule has 0 spiro atoms. The Kier molecular flexibility index (Phi) is 2.12. The van der Waals surface area contributed by atoms with E-state index in [1.807, 2.05) is 23.2 Å². The van der Waals surface area contributed by atoms with E-state index in [4.69, 9.17) is 0 Å². The number of rotatable bonds is 3. The second-order valence-corrected chi connectivity index (χ2v) is 2.97. The van der Waals surface area contributed by atoms with Crippen molar-refractivity contribution in [1.29, 1.82) is 0 Å². The number of hydrogen-bond acceptors (Lipinski definition) is 3. The molecule has 0 saturated heterocycles. The Morgan fingerprint density at radius 3 is 3.31 bits per heavy atom. The molecule has 0 saturated carbocycles. The standard InChI is InChI=1S/C9H11N3O/c13-7-1-3-11-5-6-12-4-2-10-9(12)8-11/h2,4-7H,1,3,8H2. The van der Waals surface area contributed by atoms with Crippen molar-refractivity contribution in [2.45, 2.75) is 13.0 Å². The van der Waals surface area contributed by atoms with Crippen molar-refractivity contribution in [3.8, 4) is 0 Å². The zero-order valence-corrected chi connectivity index (χ0v) is 7.26. The average molecular weight is 177 g/mol. The molecular weight excluding hydrogens is 166 g/mol. The molecule has 2 heterocycles. The largest absolute Gasteiger partial charge is 0.368 e. The molecule has 0 bridgehead atoms. The number of imidazole rings is 1. The first-order valence-corrected chi connectivity index (χ1v) is 4.28. The maximum Gasteiger partial charge on any atom is 0.132 e. The van der Waals surface area contributed by atoms with E-state index in [0.29, 0.717) is 6.42 Å². The van der Waals surface area contributed by atoms with Crippen molar-refractivity contribution in [3.63, 3.8) is 0 Å². The van der Waals surface area contributed by atoms with Crippen LogP contribution in [-0.2, 0) is 11.3 Å². The van der Waals surface area contributed by atoms with Crippen molar-refractivity contribution in [2.75, 3.05) is 6.54 Å². The molecule has 68 valence electrons. The van der Waals surface area contributed by atoms with Crippen molar-refractivity contribution in [3.05, 3.63) is 24.4 Å². The molecule has 0 amide bonds. The van der Waals surface area contributed by atoms with Crippen LogP contribution in [0.5, 0.6) is 0 Å². The van der Waals surface area contributed by atoms with Crippen molar-refractivity contribution >= 4 is 12.5 Å². The molecule has 0 radical (unpaired) electrons. The molecule has 1 aromatic heterocycles. The third-order valence-electron chi connectivity index (χ3n) is 2.07. The van der Waals surface area contributed by atoms with Crippen LogP contribution in [-0.4, -0.2) is 27.3 Å². The predicted octanol–water partition coefficient (Wildman–Crippen LogP) is 0.716. The van der Waals surface area contributed by atoms with Gasteiger partial charge in [-0.05, 0) is 0 Å². The van der Waals surface area contributed by atoms with Gasteiger partial charge < -0.3 is 14.3 Å². The molecule has 0 atom stereocenters. The van der Waals surface area contributed by atoms with Crippen LogP contribution in [0.1, 0.15) is 12.2 Å². The Balaban J connectivity index is 2.03. The van der Waals surface area contributed by atoms with Crippen LogP contribution in [0.25, 0.3) is 6.20 Å². The highest BCUT2D eigenvalue weighted by Gasteiger charge is 2.09. The predicted molar refractivity (Wildman–Crippen MR) is 48.6 cm³/mol. The number of fused-ring (bicyclic) bond motifs is 1. The number of nitrogens with zero attached hydrogens (tertiary/aromatic N) is 3. The average Bonchev–Trinajstić information content (AvgIpc) is 2.61. The molecule has 0 fully saturated rings. The van der Waals surface area contributed by atoms with Crippen LogP contribution in [0, 0.1) is 0 Å². The van der Waals surface area contributed by atoms with Gasteiger partial charge in [-0.25, -0.2) is 4.98 Å². The van der Waals surface area contributed by atoms with Crippen LogP contribution in [0.3, 0.4) is 0 Å². The fourth-order valence-electron chi connectivity index (χ4n) is 1.37. The molecule has 2 rings (SSSR count). The van der Waals surface area contributed by atoms with Crippen LogP contribution in [0.4, 0.5) is 0 Å². The molecule has 0 aromatic carbocycles. The number of aromatic nitrogens is 2. The molecular formula is C9H11N3O. The van der Waals surface area contributed by atoms with Gasteiger partial charge in [-0.2, -0.15) is 0 Å². The topological polar surface area (TPSA) is 38.1 Å². The number of carbonyl (C=O) groups excluding carboxylic acids is 1. The zero-order valence-electron chi connectivity index (χ0n) is 7.26. The van der Waals surface area contributed by atoms with E-state index in [0.717, 1.165) is 25.2 Å². The molecule has 0 aliphatic carbocycles. The summed E-state index contributed by atoms with van der Waals surface area (Å²) in [5.41, 5.74) is 0. The Labute approximate surface area is 76.5 Å². The highest BCUT2D eigenvalue weighted by Crippen LogP contribution is 2.10. The first kappa shape index (κ1) is 8.04. The summed E-state index contributed by atoms with van der Waals surface area (Å²) in [6, 6.07) is 0. The monoisotopic (exact) mass is 177 g/mol.